The largest absolute Gasteiger partial charge is 0.478 e. The van der Waals surface area contributed by atoms with Crippen molar-refractivity contribution in [2.24, 2.45) is 0 Å². The van der Waals surface area contributed by atoms with Crippen LogP contribution in [0.3, 0.4) is 0 Å². The zero-order chi connectivity index (χ0) is 19.4. The molecule has 1 aliphatic carbocycles. The highest BCUT2D eigenvalue weighted by atomic mass is 19.3. The summed E-state index contributed by atoms with van der Waals surface area (Å²) in [6.07, 6.45) is 2.22. The molecule has 1 amide bonds. The van der Waals surface area contributed by atoms with E-state index < -0.39 is 12.6 Å². The molecule has 2 aromatic carbocycles. The molecule has 2 aromatic rings. The topological polar surface area (TPSA) is 75.6 Å². The third kappa shape index (κ3) is 4.61. The summed E-state index contributed by atoms with van der Waals surface area (Å²) in [5, 5.41) is 12.2. The number of alkyl halides is 2. The SMILES string of the molecule is O=C(Cc1ccccc1C(=O)O)NC1CCCc2cc(OC(F)F)ccc21. The molecular formula is C20H19F2NO4. The van der Waals surface area contributed by atoms with E-state index in [1.807, 2.05) is 0 Å². The maximum Gasteiger partial charge on any atom is 0.387 e. The first-order valence-corrected chi connectivity index (χ1v) is 8.62. The number of rotatable bonds is 6. The smallest absolute Gasteiger partial charge is 0.387 e. The number of amides is 1. The quantitative estimate of drug-likeness (QED) is 0.807. The minimum Gasteiger partial charge on any atom is -0.478 e. The molecule has 0 saturated heterocycles. The number of aryl methyl sites for hydroxylation is 1. The minimum absolute atomic E-state index is 0.0408. The third-order valence-corrected chi connectivity index (χ3v) is 4.59. The molecule has 5 nitrogen and oxygen atoms in total. The summed E-state index contributed by atoms with van der Waals surface area (Å²) in [4.78, 5) is 23.7. The van der Waals surface area contributed by atoms with E-state index in [0.717, 1.165) is 30.4 Å². The van der Waals surface area contributed by atoms with E-state index in [1.54, 1.807) is 30.3 Å². The molecular weight excluding hydrogens is 356 g/mol. The van der Waals surface area contributed by atoms with E-state index in [-0.39, 0.29) is 29.7 Å². The van der Waals surface area contributed by atoms with Gasteiger partial charge in [0, 0.05) is 0 Å². The maximum atomic E-state index is 12.4. The molecule has 0 bridgehead atoms. The standard InChI is InChI=1S/C20H19F2NO4/c21-20(22)27-14-8-9-15-12(10-14)5-3-7-17(15)23-18(24)11-13-4-1-2-6-16(13)19(25)26/h1-2,4,6,8-10,17,20H,3,5,7,11H2,(H,23,24)(H,25,26). The number of carbonyl (C=O) groups excluding carboxylic acids is 1. The predicted molar refractivity (Wildman–Crippen MR) is 94.0 cm³/mol. The Kier molecular flexibility index (Phi) is 5.69. The average Bonchev–Trinajstić information content (AvgIpc) is 2.61. The fourth-order valence-corrected chi connectivity index (χ4v) is 3.42. The summed E-state index contributed by atoms with van der Waals surface area (Å²) in [6, 6.07) is 10.9. The Morgan fingerprint density at radius 2 is 2.00 bits per heavy atom. The molecule has 0 fully saturated rings. The number of nitrogens with one attached hydrogen (secondary N) is 1. The lowest BCUT2D eigenvalue weighted by atomic mass is 9.87. The van der Waals surface area contributed by atoms with Crippen molar-refractivity contribution in [3.8, 4) is 5.75 Å². The van der Waals surface area contributed by atoms with Gasteiger partial charge in [-0.2, -0.15) is 8.78 Å². The molecule has 0 aliphatic heterocycles. The lowest BCUT2D eigenvalue weighted by Gasteiger charge is -2.27. The number of benzene rings is 2. The molecule has 0 heterocycles. The number of carboxylic acids is 1. The predicted octanol–water partition coefficient (Wildman–Crippen LogP) is 3.72. The first-order valence-electron chi connectivity index (χ1n) is 8.62. The summed E-state index contributed by atoms with van der Waals surface area (Å²) in [6.45, 7) is -2.88. The highest BCUT2D eigenvalue weighted by Gasteiger charge is 2.23. The second kappa shape index (κ2) is 8.16. The highest BCUT2D eigenvalue weighted by Crippen LogP contribution is 2.32. The van der Waals surface area contributed by atoms with Gasteiger partial charge in [-0.25, -0.2) is 4.79 Å². The van der Waals surface area contributed by atoms with Crippen molar-refractivity contribution >= 4 is 11.9 Å². The van der Waals surface area contributed by atoms with Crippen LogP contribution < -0.4 is 10.1 Å². The van der Waals surface area contributed by atoms with Crippen LogP contribution in [0.4, 0.5) is 8.78 Å². The van der Waals surface area contributed by atoms with E-state index in [1.165, 1.54) is 12.1 Å². The van der Waals surface area contributed by atoms with Gasteiger partial charge in [-0.05, 0) is 54.2 Å². The Balaban J connectivity index is 1.72. The van der Waals surface area contributed by atoms with Crippen LogP contribution in [-0.4, -0.2) is 23.6 Å². The van der Waals surface area contributed by atoms with Gasteiger partial charge >= 0.3 is 12.6 Å². The van der Waals surface area contributed by atoms with Gasteiger partial charge in [-0.1, -0.05) is 24.3 Å². The molecule has 7 heteroatoms. The highest BCUT2D eigenvalue weighted by molar-refractivity contribution is 5.91. The van der Waals surface area contributed by atoms with Crippen molar-refractivity contribution in [2.75, 3.05) is 0 Å². The molecule has 0 saturated carbocycles. The van der Waals surface area contributed by atoms with Crippen molar-refractivity contribution in [3.05, 3.63) is 64.7 Å². The van der Waals surface area contributed by atoms with Crippen molar-refractivity contribution in [3.63, 3.8) is 0 Å². The van der Waals surface area contributed by atoms with Crippen LogP contribution in [0, 0.1) is 0 Å². The van der Waals surface area contributed by atoms with E-state index in [9.17, 15) is 23.5 Å². The van der Waals surface area contributed by atoms with Gasteiger partial charge in [0.25, 0.3) is 0 Å². The molecule has 3 rings (SSSR count). The molecule has 1 unspecified atom stereocenters. The number of halogens is 2. The van der Waals surface area contributed by atoms with Crippen molar-refractivity contribution in [1.82, 2.24) is 5.32 Å². The lowest BCUT2D eigenvalue weighted by Crippen LogP contribution is -2.32. The van der Waals surface area contributed by atoms with Crippen LogP contribution >= 0.6 is 0 Å². The van der Waals surface area contributed by atoms with Crippen LogP contribution in [-0.2, 0) is 17.6 Å². The zero-order valence-corrected chi connectivity index (χ0v) is 14.5. The first kappa shape index (κ1) is 18.8. The first-order chi connectivity index (χ1) is 12.9. The fourth-order valence-electron chi connectivity index (χ4n) is 3.42. The van der Waals surface area contributed by atoms with Crippen molar-refractivity contribution in [2.45, 2.75) is 38.3 Å². The lowest BCUT2D eigenvalue weighted by molar-refractivity contribution is -0.121. The second-order valence-corrected chi connectivity index (χ2v) is 6.39. The van der Waals surface area contributed by atoms with E-state index in [0.29, 0.717) is 5.56 Å². The second-order valence-electron chi connectivity index (χ2n) is 6.39. The van der Waals surface area contributed by atoms with Crippen LogP contribution in [0.25, 0.3) is 0 Å². The molecule has 0 spiro atoms. The molecule has 2 N–H and O–H groups in total. The van der Waals surface area contributed by atoms with Gasteiger partial charge in [0.05, 0.1) is 18.0 Å². The Labute approximate surface area is 155 Å². The normalized spacial score (nSPS) is 15.9. The van der Waals surface area contributed by atoms with Crippen LogP contribution in [0.15, 0.2) is 42.5 Å². The van der Waals surface area contributed by atoms with Gasteiger partial charge < -0.3 is 15.2 Å². The van der Waals surface area contributed by atoms with Gasteiger partial charge in [0.2, 0.25) is 5.91 Å². The Bertz CT molecular complexity index is 854. The van der Waals surface area contributed by atoms with E-state index in [4.69, 9.17) is 0 Å². The molecule has 1 atom stereocenters. The van der Waals surface area contributed by atoms with Gasteiger partial charge in [0.1, 0.15) is 5.75 Å². The number of ether oxygens (including phenoxy) is 1. The summed E-state index contributed by atoms with van der Waals surface area (Å²) in [5.74, 6) is -1.26. The minimum atomic E-state index is -2.88. The summed E-state index contributed by atoms with van der Waals surface area (Å²) >= 11 is 0. The van der Waals surface area contributed by atoms with E-state index in [2.05, 4.69) is 10.1 Å². The number of carboxylic acid groups (broad SMARTS) is 1. The van der Waals surface area contributed by atoms with E-state index >= 15 is 0 Å². The molecule has 142 valence electrons. The fraction of sp³-hybridized carbons (Fsp3) is 0.300. The Hall–Kier alpha value is -2.96. The Morgan fingerprint density at radius 1 is 1.22 bits per heavy atom. The summed E-state index contributed by atoms with van der Waals surface area (Å²) in [5.41, 5.74) is 2.29. The molecule has 0 radical (unpaired) electrons. The molecule has 0 aromatic heterocycles. The number of fused-ring (bicyclic) bond motifs is 1. The van der Waals surface area contributed by atoms with Gasteiger partial charge in [-0.3, -0.25) is 4.79 Å². The summed E-state index contributed by atoms with van der Waals surface area (Å²) < 4.78 is 29.2. The maximum absolute atomic E-state index is 12.4. The monoisotopic (exact) mass is 375 g/mol. The average molecular weight is 375 g/mol. The molecule has 1 aliphatic rings. The number of carbonyl (C=O) groups is 2. The molecule has 27 heavy (non-hydrogen) atoms. The summed E-state index contributed by atoms with van der Waals surface area (Å²) in [7, 11) is 0. The van der Waals surface area contributed by atoms with Crippen molar-refractivity contribution < 1.29 is 28.2 Å². The van der Waals surface area contributed by atoms with Crippen LogP contribution in [0.2, 0.25) is 0 Å². The Morgan fingerprint density at radius 3 is 2.74 bits per heavy atom. The number of hydrogen-bond donors (Lipinski definition) is 2. The number of hydrogen-bond acceptors (Lipinski definition) is 3. The number of aromatic carboxylic acids is 1. The zero-order valence-electron chi connectivity index (χ0n) is 14.5. The van der Waals surface area contributed by atoms with Gasteiger partial charge in [-0.15, -0.1) is 0 Å². The van der Waals surface area contributed by atoms with Crippen LogP contribution in [0.1, 0.15) is 45.9 Å². The third-order valence-electron chi connectivity index (χ3n) is 4.59. The van der Waals surface area contributed by atoms with Gasteiger partial charge in [0.15, 0.2) is 0 Å². The van der Waals surface area contributed by atoms with Crippen LogP contribution in [0.5, 0.6) is 5.75 Å². The van der Waals surface area contributed by atoms with Crippen molar-refractivity contribution in [1.29, 1.82) is 0 Å².